The Bertz CT molecular complexity index is 1590. The molecule has 0 atom stereocenters. The molecule has 1 heterocycles. The van der Waals surface area contributed by atoms with Crippen LogP contribution in [0.1, 0.15) is 47.3 Å². The van der Waals surface area contributed by atoms with Crippen LogP contribution in [-0.2, 0) is 10.0 Å². The molecule has 3 aromatic rings. The number of carboxylic acids is 4. The fourth-order valence-electron chi connectivity index (χ4n) is 2.82. The van der Waals surface area contributed by atoms with E-state index in [4.69, 9.17) is 32.0 Å². The molecule has 0 saturated heterocycles. The van der Waals surface area contributed by atoms with Crippen LogP contribution < -0.4 is 4.72 Å². The SMILES string of the molecule is Cc1ccc(C(=O)O)c(C(=O)O)n1.O=C(O)c1cc(C(=O)O)cc(S(=O)(=O)Nc2ccc(Cl)c([N+](=O)[O-])c2)c1. The zero-order valence-electron chi connectivity index (χ0n) is 19.4. The summed E-state index contributed by atoms with van der Waals surface area (Å²) in [5, 5.41) is 45.9. The zero-order chi connectivity index (χ0) is 29.7. The largest absolute Gasteiger partial charge is 0.478 e. The molecule has 0 aliphatic rings. The van der Waals surface area contributed by atoms with Gasteiger partial charge in [-0.3, -0.25) is 14.8 Å². The second-order valence-electron chi connectivity index (χ2n) is 7.34. The van der Waals surface area contributed by atoms with E-state index in [0.717, 1.165) is 36.4 Å². The smallest absolute Gasteiger partial charge is 0.355 e. The van der Waals surface area contributed by atoms with Crippen molar-refractivity contribution in [3.8, 4) is 0 Å². The number of aromatic carboxylic acids is 4. The number of nitro benzene ring substituents is 1. The van der Waals surface area contributed by atoms with Crippen molar-refractivity contribution in [2.45, 2.75) is 11.8 Å². The molecule has 3 rings (SSSR count). The number of aromatic nitrogens is 1. The molecule has 0 unspecified atom stereocenters. The average molecular weight is 582 g/mol. The summed E-state index contributed by atoms with van der Waals surface area (Å²) < 4.78 is 26.8. The van der Waals surface area contributed by atoms with Crippen LogP contribution in [0.25, 0.3) is 0 Å². The van der Waals surface area contributed by atoms with Crippen LogP contribution in [0.3, 0.4) is 0 Å². The third-order valence-corrected chi connectivity index (χ3v) is 6.25. The minimum atomic E-state index is -4.42. The Balaban J connectivity index is 0.000000344. The first-order valence-electron chi connectivity index (χ1n) is 10.1. The normalized spacial score (nSPS) is 10.5. The van der Waals surface area contributed by atoms with Gasteiger partial charge in [0.05, 0.1) is 32.2 Å². The summed E-state index contributed by atoms with van der Waals surface area (Å²) in [7, 11) is -4.42. The Labute approximate surface area is 223 Å². The van der Waals surface area contributed by atoms with Gasteiger partial charge in [0.25, 0.3) is 15.7 Å². The molecule has 0 fully saturated rings. The third kappa shape index (κ3) is 7.70. The van der Waals surface area contributed by atoms with E-state index in [1.54, 1.807) is 6.92 Å². The summed E-state index contributed by atoms with van der Waals surface area (Å²) in [6.07, 6.45) is 0. The number of nitrogens with zero attached hydrogens (tertiary/aromatic N) is 2. The van der Waals surface area contributed by atoms with Crippen molar-refractivity contribution >= 4 is 56.9 Å². The highest BCUT2D eigenvalue weighted by molar-refractivity contribution is 7.92. The topological polar surface area (TPSA) is 251 Å². The number of benzene rings is 2. The Kier molecular flexibility index (Phi) is 9.25. The predicted octanol–water partition coefficient (Wildman–Crippen LogP) is 3.23. The van der Waals surface area contributed by atoms with Gasteiger partial charge in [0.2, 0.25) is 0 Å². The van der Waals surface area contributed by atoms with Crippen molar-refractivity contribution in [1.29, 1.82) is 0 Å². The van der Waals surface area contributed by atoms with Crippen molar-refractivity contribution in [3.05, 3.63) is 91.7 Å². The molecule has 0 aliphatic carbocycles. The molecule has 2 aromatic carbocycles. The summed E-state index contributed by atoms with van der Waals surface area (Å²) in [5.74, 6) is -5.66. The monoisotopic (exact) mass is 581 g/mol. The van der Waals surface area contributed by atoms with E-state index >= 15 is 0 Å². The van der Waals surface area contributed by atoms with E-state index < -0.39 is 66.2 Å². The van der Waals surface area contributed by atoms with Gasteiger partial charge in [-0.2, -0.15) is 0 Å². The molecule has 0 aliphatic heterocycles. The number of aryl methyl sites for hydroxylation is 1. The van der Waals surface area contributed by atoms with Crippen molar-refractivity contribution in [1.82, 2.24) is 4.98 Å². The van der Waals surface area contributed by atoms with Crippen LogP contribution in [0.5, 0.6) is 0 Å². The van der Waals surface area contributed by atoms with Crippen molar-refractivity contribution < 1.29 is 52.9 Å². The number of pyridine rings is 1. The summed E-state index contributed by atoms with van der Waals surface area (Å²) in [6.45, 7) is 1.60. The summed E-state index contributed by atoms with van der Waals surface area (Å²) >= 11 is 5.64. The lowest BCUT2D eigenvalue weighted by atomic mass is 10.1. The lowest BCUT2D eigenvalue weighted by Crippen LogP contribution is -2.15. The first-order chi connectivity index (χ1) is 18.0. The number of sulfonamides is 1. The minimum absolute atomic E-state index is 0.209. The van der Waals surface area contributed by atoms with Gasteiger partial charge in [0, 0.05) is 11.8 Å². The Hall–Kier alpha value is -5.09. The van der Waals surface area contributed by atoms with E-state index in [9.17, 15) is 37.7 Å². The van der Waals surface area contributed by atoms with E-state index in [-0.39, 0.29) is 16.3 Å². The van der Waals surface area contributed by atoms with Gasteiger partial charge in [-0.25, -0.2) is 32.6 Å². The first kappa shape index (κ1) is 30.1. The van der Waals surface area contributed by atoms with Gasteiger partial charge >= 0.3 is 23.9 Å². The minimum Gasteiger partial charge on any atom is -0.478 e. The maximum Gasteiger partial charge on any atom is 0.355 e. The number of rotatable bonds is 8. The van der Waals surface area contributed by atoms with Crippen LogP contribution in [0.2, 0.25) is 5.02 Å². The van der Waals surface area contributed by atoms with Gasteiger partial charge in [-0.05, 0) is 49.4 Å². The van der Waals surface area contributed by atoms with E-state index in [2.05, 4.69) is 4.98 Å². The molecule has 0 bridgehead atoms. The Morgan fingerprint density at radius 1 is 0.872 bits per heavy atom. The lowest BCUT2D eigenvalue weighted by molar-refractivity contribution is -0.384. The van der Waals surface area contributed by atoms with Crippen molar-refractivity contribution in [3.63, 3.8) is 0 Å². The molecule has 0 saturated carbocycles. The highest BCUT2D eigenvalue weighted by Gasteiger charge is 2.22. The van der Waals surface area contributed by atoms with Crippen LogP contribution in [0.4, 0.5) is 11.4 Å². The number of nitrogens with one attached hydrogen (secondary N) is 1. The molecule has 17 heteroatoms. The predicted molar refractivity (Wildman–Crippen MR) is 132 cm³/mol. The number of anilines is 1. The standard InChI is InChI=1S/C14H9ClN2O8S.C8H7NO4/c15-11-2-1-9(6-12(11)17(22)23)16-26(24,25)10-4-7(13(18)19)3-8(5-10)14(20)21;1-4-2-3-5(7(10)11)6(9-4)8(12)13/h1-6,16H,(H,18,19)(H,20,21);2-3H,1H3,(H,10,11)(H,12,13). The number of carbonyl (C=O) groups is 4. The summed E-state index contributed by atoms with van der Waals surface area (Å²) in [4.78, 5) is 56.3. The van der Waals surface area contributed by atoms with Crippen LogP contribution in [0.15, 0.2) is 53.4 Å². The molecular formula is C22H16ClN3O12S. The molecule has 0 spiro atoms. The van der Waals surface area contributed by atoms with E-state index in [0.29, 0.717) is 5.69 Å². The molecule has 1 aromatic heterocycles. The number of hydrogen-bond donors (Lipinski definition) is 5. The van der Waals surface area contributed by atoms with Gasteiger partial charge in [-0.15, -0.1) is 0 Å². The second-order valence-corrected chi connectivity index (χ2v) is 9.43. The summed E-state index contributed by atoms with van der Waals surface area (Å²) in [5.41, 5.74) is -2.09. The van der Waals surface area contributed by atoms with Crippen LogP contribution in [-0.4, -0.2) is 62.6 Å². The van der Waals surface area contributed by atoms with Gasteiger partial charge in [0.1, 0.15) is 5.02 Å². The fourth-order valence-corrected chi connectivity index (χ4v) is 4.13. The molecule has 204 valence electrons. The quantitative estimate of drug-likeness (QED) is 0.189. The number of carboxylic acid groups (broad SMARTS) is 4. The second kappa shape index (κ2) is 12.0. The van der Waals surface area contributed by atoms with E-state index in [1.165, 1.54) is 12.1 Å². The molecule has 0 amide bonds. The van der Waals surface area contributed by atoms with Gasteiger partial charge in [-0.1, -0.05) is 11.6 Å². The molecule has 5 N–H and O–H groups in total. The third-order valence-electron chi connectivity index (χ3n) is 4.57. The average Bonchev–Trinajstić information content (AvgIpc) is 2.84. The molecular weight excluding hydrogens is 566 g/mol. The molecule has 0 radical (unpaired) electrons. The maximum absolute atomic E-state index is 12.4. The number of hydrogen-bond acceptors (Lipinski definition) is 9. The maximum atomic E-state index is 12.4. The molecule has 39 heavy (non-hydrogen) atoms. The van der Waals surface area contributed by atoms with Crippen molar-refractivity contribution in [2.24, 2.45) is 0 Å². The summed E-state index contributed by atoms with van der Waals surface area (Å²) in [6, 6.07) is 8.16. The Morgan fingerprint density at radius 3 is 1.90 bits per heavy atom. The van der Waals surface area contributed by atoms with E-state index in [1.807, 2.05) is 4.72 Å². The van der Waals surface area contributed by atoms with Crippen LogP contribution >= 0.6 is 11.6 Å². The zero-order valence-corrected chi connectivity index (χ0v) is 20.9. The first-order valence-corrected chi connectivity index (χ1v) is 11.9. The fraction of sp³-hybridized carbons (Fsp3) is 0.0455. The Morgan fingerprint density at radius 2 is 1.44 bits per heavy atom. The van der Waals surface area contributed by atoms with Gasteiger partial charge < -0.3 is 20.4 Å². The number of nitro groups is 1. The highest BCUT2D eigenvalue weighted by atomic mass is 35.5. The van der Waals surface area contributed by atoms with Crippen LogP contribution in [0, 0.1) is 17.0 Å². The highest BCUT2D eigenvalue weighted by Crippen LogP contribution is 2.29. The molecule has 15 nitrogen and oxygen atoms in total. The number of halogens is 1. The van der Waals surface area contributed by atoms with Crippen molar-refractivity contribution in [2.75, 3.05) is 4.72 Å². The lowest BCUT2D eigenvalue weighted by Gasteiger charge is -2.10. The van der Waals surface area contributed by atoms with Gasteiger partial charge in [0.15, 0.2) is 5.69 Å².